The van der Waals surface area contributed by atoms with Gasteiger partial charge in [0.25, 0.3) is 0 Å². The van der Waals surface area contributed by atoms with E-state index in [-0.39, 0.29) is 6.42 Å². The zero-order valence-corrected chi connectivity index (χ0v) is 10.6. The molecule has 0 atom stereocenters. The Bertz CT molecular complexity index is 566. The van der Waals surface area contributed by atoms with E-state index in [1.165, 1.54) is 10.9 Å². The molecule has 0 fully saturated rings. The zero-order valence-electron chi connectivity index (χ0n) is 10.6. The van der Waals surface area contributed by atoms with E-state index in [4.69, 9.17) is 9.84 Å². The lowest BCUT2D eigenvalue weighted by Crippen LogP contribution is -2.09. The van der Waals surface area contributed by atoms with Crippen molar-refractivity contribution >= 4 is 5.97 Å². The van der Waals surface area contributed by atoms with Gasteiger partial charge in [-0.05, 0) is 18.6 Å². The topological polar surface area (TPSA) is 77.2 Å². The molecule has 19 heavy (non-hydrogen) atoms. The van der Waals surface area contributed by atoms with Crippen LogP contribution in [0.5, 0.6) is 5.75 Å². The monoisotopic (exact) mass is 261 g/mol. The number of rotatable bonds is 6. The van der Waals surface area contributed by atoms with Crippen molar-refractivity contribution in [3.63, 3.8) is 0 Å². The van der Waals surface area contributed by atoms with E-state index in [1.54, 1.807) is 0 Å². The molecular formula is C13H15N3O3. The summed E-state index contributed by atoms with van der Waals surface area (Å²) in [6, 6.07) is 7.37. The smallest absolute Gasteiger partial charge is 0.309 e. The Morgan fingerprint density at radius 1 is 1.42 bits per heavy atom. The fraction of sp³-hybridized carbons (Fsp3) is 0.308. The van der Waals surface area contributed by atoms with Gasteiger partial charge in [-0.15, -0.1) is 5.10 Å². The van der Waals surface area contributed by atoms with Gasteiger partial charge in [-0.3, -0.25) is 4.79 Å². The van der Waals surface area contributed by atoms with Crippen molar-refractivity contribution in [1.82, 2.24) is 15.0 Å². The molecule has 2 rings (SSSR count). The normalized spacial score (nSPS) is 10.4. The number of hydrogen-bond acceptors (Lipinski definition) is 4. The van der Waals surface area contributed by atoms with E-state index in [1.807, 2.05) is 31.2 Å². The number of carboxylic acid groups (broad SMARTS) is 1. The van der Waals surface area contributed by atoms with Gasteiger partial charge < -0.3 is 9.84 Å². The van der Waals surface area contributed by atoms with Crippen LogP contribution in [-0.2, 0) is 11.2 Å². The molecule has 0 saturated carbocycles. The van der Waals surface area contributed by atoms with E-state index in [0.717, 1.165) is 6.42 Å². The first-order chi connectivity index (χ1) is 9.22. The molecule has 0 spiro atoms. The largest absolute Gasteiger partial charge is 0.491 e. The molecule has 1 aromatic carbocycles. The van der Waals surface area contributed by atoms with Gasteiger partial charge in [0.1, 0.15) is 11.4 Å². The third-order valence-electron chi connectivity index (χ3n) is 2.51. The Labute approximate surface area is 110 Å². The van der Waals surface area contributed by atoms with Crippen molar-refractivity contribution in [2.75, 3.05) is 6.61 Å². The molecule has 0 aliphatic heterocycles. The molecule has 0 aliphatic rings. The van der Waals surface area contributed by atoms with Crippen molar-refractivity contribution < 1.29 is 14.6 Å². The molecule has 1 aromatic heterocycles. The number of carbonyl (C=O) groups is 1. The minimum atomic E-state index is -0.921. The summed E-state index contributed by atoms with van der Waals surface area (Å²) in [5, 5.41) is 16.6. The van der Waals surface area contributed by atoms with Crippen molar-refractivity contribution in [3.05, 3.63) is 36.2 Å². The molecule has 1 N–H and O–H groups in total. The van der Waals surface area contributed by atoms with Crippen molar-refractivity contribution in [2.45, 2.75) is 19.8 Å². The summed E-state index contributed by atoms with van der Waals surface area (Å²) in [5.74, 6) is -0.253. The summed E-state index contributed by atoms with van der Waals surface area (Å²) in [4.78, 5) is 10.8. The highest BCUT2D eigenvalue weighted by atomic mass is 16.5. The highest BCUT2D eigenvalue weighted by Crippen LogP contribution is 2.23. The Morgan fingerprint density at radius 3 is 2.95 bits per heavy atom. The van der Waals surface area contributed by atoms with E-state index < -0.39 is 5.97 Å². The van der Waals surface area contributed by atoms with E-state index in [0.29, 0.717) is 23.7 Å². The lowest BCUT2D eigenvalue weighted by atomic mass is 10.2. The lowest BCUT2D eigenvalue weighted by molar-refractivity contribution is -0.136. The summed E-state index contributed by atoms with van der Waals surface area (Å²) in [7, 11) is 0. The van der Waals surface area contributed by atoms with Gasteiger partial charge in [-0.25, -0.2) is 4.68 Å². The average Bonchev–Trinajstić information content (AvgIpc) is 2.84. The second kappa shape index (κ2) is 5.99. The number of benzene rings is 1. The predicted octanol–water partition coefficient (Wildman–Crippen LogP) is 1.68. The number of hydrogen-bond donors (Lipinski definition) is 1. The third-order valence-corrected chi connectivity index (χ3v) is 2.51. The van der Waals surface area contributed by atoms with Crippen LogP contribution in [0, 0.1) is 0 Å². The molecule has 0 amide bonds. The maximum atomic E-state index is 10.8. The van der Waals surface area contributed by atoms with Crippen LogP contribution in [0.25, 0.3) is 5.69 Å². The molecule has 2 aromatic rings. The number of aromatic nitrogens is 3. The number of aliphatic carboxylic acids is 1. The second-order valence-corrected chi connectivity index (χ2v) is 4.02. The molecule has 0 radical (unpaired) electrons. The molecule has 0 unspecified atom stereocenters. The first-order valence-corrected chi connectivity index (χ1v) is 6.06. The Hall–Kier alpha value is -2.37. The molecule has 0 bridgehead atoms. The van der Waals surface area contributed by atoms with Crippen molar-refractivity contribution in [1.29, 1.82) is 0 Å². The maximum Gasteiger partial charge on any atom is 0.309 e. The summed E-state index contributed by atoms with van der Waals surface area (Å²) < 4.78 is 7.13. The lowest BCUT2D eigenvalue weighted by Gasteiger charge is -2.11. The summed E-state index contributed by atoms with van der Waals surface area (Å²) in [6.07, 6.45) is 2.22. The van der Waals surface area contributed by atoms with Gasteiger partial charge >= 0.3 is 5.97 Å². The molecular weight excluding hydrogens is 246 g/mol. The van der Waals surface area contributed by atoms with Gasteiger partial charge in [0.15, 0.2) is 0 Å². The SMILES string of the molecule is CCCOc1ccccc1-n1nncc1CC(=O)O. The van der Waals surface area contributed by atoms with E-state index >= 15 is 0 Å². The molecule has 0 aliphatic carbocycles. The van der Waals surface area contributed by atoms with Crippen molar-refractivity contribution in [2.24, 2.45) is 0 Å². The molecule has 100 valence electrons. The second-order valence-electron chi connectivity index (χ2n) is 4.02. The minimum absolute atomic E-state index is 0.130. The van der Waals surface area contributed by atoms with Crippen molar-refractivity contribution in [3.8, 4) is 11.4 Å². The summed E-state index contributed by atoms with van der Waals surface area (Å²) in [5.41, 5.74) is 1.21. The van der Waals surface area contributed by atoms with Crippen LogP contribution in [0.3, 0.4) is 0 Å². The van der Waals surface area contributed by atoms with Crippen LogP contribution in [0.15, 0.2) is 30.5 Å². The molecule has 6 heteroatoms. The van der Waals surface area contributed by atoms with Gasteiger partial charge in [0.2, 0.25) is 0 Å². The minimum Gasteiger partial charge on any atom is -0.491 e. The zero-order chi connectivity index (χ0) is 13.7. The highest BCUT2D eigenvalue weighted by molar-refractivity contribution is 5.69. The van der Waals surface area contributed by atoms with Gasteiger partial charge in [-0.2, -0.15) is 0 Å². The van der Waals surface area contributed by atoms with Gasteiger partial charge in [-0.1, -0.05) is 24.3 Å². The fourth-order valence-corrected chi connectivity index (χ4v) is 1.70. The van der Waals surface area contributed by atoms with Crippen LogP contribution in [0.2, 0.25) is 0 Å². The number of carboxylic acids is 1. The Morgan fingerprint density at radius 2 is 2.21 bits per heavy atom. The van der Waals surface area contributed by atoms with Crippen LogP contribution < -0.4 is 4.74 Å². The fourth-order valence-electron chi connectivity index (χ4n) is 1.70. The van der Waals surface area contributed by atoms with Crippen LogP contribution in [-0.4, -0.2) is 32.7 Å². The molecule has 1 heterocycles. The van der Waals surface area contributed by atoms with E-state index in [9.17, 15) is 4.79 Å². The predicted molar refractivity (Wildman–Crippen MR) is 68.5 cm³/mol. The number of para-hydroxylation sites is 2. The average molecular weight is 261 g/mol. The Kier molecular flexibility index (Phi) is 4.12. The first-order valence-electron chi connectivity index (χ1n) is 6.06. The maximum absolute atomic E-state index is 10.8. The van der Waals surface area contributed by atoms with Gasteiger partial charge in [0.05, 0.1) is 24.9 Å². The highest BCUT2D eigenvalue weighted by Gasteiger charge is 2.13. The quantitative estimate of drug-likeness (QED) is 0.856. The molecule has 0 saturated heterocycles. The van der Waals surface area contributed by atoms with Gasteiger partial charge in [0, 0.05) is 0 Å². The van der Waals surface area contributed by atoms with E-state index in [2.05, 4.69) is 10.3 Å². The standard InChI is InChI=1S/C13H15N3O3/c1-2-7-19-12-6-4-3-5-11(12)16-10(8-13(17)18)9-14-15-16/h3-6,9H,2,7-8H2,1H3,(H,17,18). The number of ether oxygens (including phenoxy) is 1. The summed E-state index contributed by atoms with van der Waals surface area (Å²) in [6.45, 7) is 2.62. The van der Waals surface area contributed by atoms with Crippen LogP contribution >= 0.6 is 0 Å². The first kappa shape index (κ1) is 13.1. The van der Waals surface area contributed by atoms with Crippen LogP contribution in [0.4, 0.5) is 0 Å². The third kappa shape index (κ3) is 3.09. The molecule has 6 nitrogen and oxygen atoms in total. The van der Waals surface area contributed by atoms with Crippen LogP contribution in [0.1, 0.15) is 19.0 Å². The summed E-state index contributed by atoms with van der Waals surface area (Å²) >= 11 is 0. The number of nitrogens with zero attached hydrogens (tertiary/aromatic N) is 3. The Balaban J connectivity index is 2.35.